The van der Waals surface area contributed by atoms with Crippen molar-refractivity contribution in [2.24, 2.45) is 46.3 Å². The van der Waals surface area contributed by atoms with E-state index < -0.39 is 11.9 Å². The van der Waals surface area contributed by atoms with Gasteiger partial charge in [-0.05, 0) is 90.4 Å². The van der Waals surface area contributed by atoms with Crippen LogP contribution >= 0.6 is 0 Å². The van der Waals surface area contributed by atoms with E-state index in [-0.39, 0.29) is 11.4 Å². The largest absolute Gasteiger partial charge is 0.452 e. The molecule has 8 atom stereocenters. The van der Waals surface area contributed by atoms with Crippen LogP contribution in [0.25, 0.3) is 0 Å². The molecule has 35 heavy (non-hydrogen) atoms. The predicted molar refractivity (Wildman–Crippen MR) is 139 cm³/mol. The van der Waals surface area contributed by atoms with E-state index in [1.807, 2.05) is 0 Å². The Hall–Kier alpha value is -0.870. The number of esters is 1. The van der Waals surface area contributed by atoms with Crippen LogP contribution in [0.3, 0.4) is 0 Å². The number of hydrogen-bond donors (Lipinski definition) is 0. The number of fused-ring (bicyclic) bond motifs is 5. The summed E-state index contributed by atoms with van der Waals surface area (Å²) >= 11 is 0. The van der Waals surface area contributed by atoms with Crippen LogP contribution in [0.1, 0.15) is 106 Å². The van der Waals surface area contributed by atoms with Crippen molar-refractivity contribution in [3.8, 4) is 0 Å². The second-order valence-electron chi connectivity index (χ2n) is 13.7. The summed E-state index contributed by atoms with van der Waals surface area (Å²) < 4.78 is 18.3. The van der Waals surface area contributed by atoms with E-state index in [1.54, 1.807) is 0 Å². The molecular weight excluding hydrogens is 436 g/mol. The van der Waals surface area contributed by atoms with Crippen LogP contribution in [0, 0.1) is 46.3 Å². The first-order valence-corrected chi connectivity index (χ1v) is 14.8. The van der Waals surface area contributed by atoms with Crippen LogP contribution in [0.5, 0.6) is 0 Å². The average molecular weight is 487 g/mol. The maximum absolute atomic E-state index is 12.2. The number of carbonyl (C=O) groups is 1. The molecule has 1 saturated heterocycles. The Labute approximate surface area is 213 Å². The van der Waals surface area contributed by atoms with Crippen molar-refractivity contribution in [3.63, 3.8) is 0 Å². The molecule has 198 valence electrons. The minimum atomic E-state index is -0.767. The number of hydrogen-bond acceptors (Lipinski definition) is 4. The molecule has 8 unspecified atom stereocenters. The molecule has 0 amide bonds. The Morgan fingerprint density at radius 2 is 1.77 bits per heavy atom. The molecule has 4 heteroatoms. The van der Waals surface area contributed by atoms with Crippen molar-refractivity contribution in [1.82, 2.24) is 0 Å². The molecule has 0 aromatic heterocycles. The lowest BCUT2D eigenvalue weighted by Crippen LogP contribution is -2.59. The monoisotopic (exact) mass is 486 g/mol. The van der Waals surface area contributed by atoms with E-state index in [9.17, 15) is 4.79 Å². The first kappa shape index (κ1) is 25.8. The van der Waals surface area contributed by atoms with E-state index >= 15 is 0 Å². The summed E-state index contributed by atoms with van der Waals surface area (Å²) in [5.74, 6) is 3.79. The Balaban J connectivity index is 1.38. The lowest BCUT2D eigenvalue weighted by atomic mass is 9.46. The molecule has 1 aliphatic heterocycles. The van der Waals surface area contributed by atoms with Gasteiger partial charge in [-0.25, -0.2) is 0 Å². The summed E-state index contributed by atoms with van der Waals surface area (Å²) in [5.41, 5.74) is 1.86. The highest BCUT2D eigenvalue weighted by Crippen LogP contribution is 2.68. The van der Waals surface area contributed by atoms with Crippen LogP contribution in [-0.2, 0) is 19.0 Å². The first-order valence-electron chi connectivity index (χ1n) is 14.8. The number of rotatable bonds is 6. The summed E-state index contributed by atoms with van der Waals surface area (Å²) in [4.78, 5) is 12.2. The molecule has 4 fully saturated rings. The summed E-state index contributed by atoms with van der Waals surface area (Å²) in [6.07, 6.45) is 14.7. The van der Waals surface area contributed by atoms with Gasteiger partial charge in [0.25, 0.3) is 0 Å². The van der Waals surface area contributed by atoms with Crippen molar-refractivity contribution in [2.75, 3.05) is 13.2 Å². The third-order valence-electron chi connectivity index (χ3n) is 11.5. The summed E-state index contributed by atoms with van der Waals surface area (Å²) in [6.45, 7) is 15.1. The van der Waals surface area contributed by atoms with Gasteiger partial charge in [-0.1, -0.05) is 60.0 Å². The van der Waals surface area contributed by atoms with Gasteiger partial charge in [0.2, 0.25) is 5.79 Å². The van der Waals surface area contributed by atoms with Gasteiger partial charge in [-0.15, -0.1) is 0 Å². The minimum Gasteiger partial charge on any atom is -0.452 e. The highest BCUT2D eigenvalue weighted by molar-refractivity contribution is 5.67. The quantitative estimate of drug-likeness (QED) is 0.292. The van der Waals surface area contributed by atoms with E-state index in [2.05, 4.69) is 40.7 Å². The molecule has 0 aromatic carbocycles. The Morgan fingerprint density at radius 1 is 1.03 bits per heavy atom. The minimum absolute atomic E-state index is 0.0753. The zero-order valence-corrected chi connectivity index (χ0v) is 23.2. The maximum atomic E-state index is 12.2. The third kappa shape index (κ3) is 4.23. The molecular formula is C31H50O4. The number of ether oxygens (including phenoxy) is 3. The van der Waals surface area contributed by atoms with Crippen LogP contribution in [0.15, 0.2) is 11.6 Å². The predicted octanol–water partition coefficient (Wildman–Crippen LogP) is 7.31. The summed E-state index contributed by atoms with van der Waals surface area (Å²) in [7, 11) is 0. The van der Waals surface area contributed by atoms with Crippen LogP contribution in [0.2, 0.25) is 0 Å². The van der Waals surface area contributed by atoms with Gasteiger partial charge in [-0.3, -0.25) is 4.79 Å². The molecule has 4 aliphatic carbocycles. The molecule has 5 rings (SSSR count). The van der Waals surface area contributed by atoms with Gasteiger partial charge in [0.1, 0.15) is 0 Å². The van der Waals surface area contributed by atoms with Gasteiger partial charge >= 0.3 is 5.97 Å². The van der Waals surface area contributed by atoms with E-state index in [4.69, 9.17) is 14.2 Å². The van der Waals surface area contributed by atoms with Crippen molar-refractivity contribution < 1.29 is 19.0 Å². The highest BCUT2D eigenvalue weighted by Gasteiger charge is 2.64. The molecule has 3 saturated carbocycles. The summed E-state index contributed by atoms with van der Waals surface area (Å²) in [6, 6.07) is 0. The Bertz CT molecular complexity index is 826. The maximum Gasteiger partial charge on any atom is 0.303 e. The van der Waals surface area contributed by atoms with E-state index in [0.29, 0.717) is 24.5 Å². The molecule has 4 nitrogen and oxygen atoms in total. The van der Waals surface area contributed by atoms with Crippen molar-refractivity contribution in [1.29, 1.82) is 0 Å². The topological polar surface area (TPSA) is 44.8 Å². The fourth-order valence-electron chi connectivity index (χ4n) is 9.77. The Kier molecular flexibility index (Phi) is 6.96. The molecule has 0 bridgehead atoms. The van der Waals surface area contributed by atoms with Crippen molar-refractivity contribution >= 4 is 5.97 Å². The number of allylic oxidation sites excluding steroid dienone is 1. The fraction of sp³-hybridized carbons (Fsp3) is 0.903. The van der Waals surface area contributed by atoms with Gasteiger partial charge < -0.3 is 14.2 Å². The first-order chi connectivity index (χ1) is 16.6. The number of carbonyl (C=O) groups excluding carboxylic acids is 1. The standard InChI is InChI=1S/C31H50O4/c1-20(2)8-7-9-21(3)24-12-13-25-23-10-11-27-28(35-22(4)32)31(33-18-19-34-31)17-16-30(27,6)26(23)14-15-29(24,25)5/h11,20-21,23-26,28H,7-10,12-19H2,1-6H3. The highest BCUT2D eigenvalue weighted by atomic mass is 16.8. The van der Waals surface area contributed by atoms with E-state index in [1.165, 1.54) is 57.4 Å². The van der Waals surface area contributed by atoms with Crippen LogP contribution < -0.4 is 0 Å². The SMILES string of the molecule is CC(=O)OC1C2=CCC3C(CCC4(C)C(C(C)CCCC(C)C)CCC34)C2(C)CCC12OCCO2. The molecule has 1 spiro atoms. The van der Waals surface area contributed by atoms with Gasteiger partial charge in [0.15, 0.2) is 6.10 Å². The second-order valence-corrected chi connectivity index (χ2v) is 13.7. The zero-order valence-electron chi connectivity index (χ0n) is 23.2. The normalized spacial score (nSPS) is 42.8. The second kappa shape index (κ2) is 9.46. The van der Waals surface area contributed by atoms with Gasteiger partial charge in [0, 0.05) is 13.3 Å². The van der Waals surface area contributed by atoms with Crippen molar-refractivity contribution in [3.05, 3.63) is 11.6 Å². The van der Waals surface area contributed by atoms with E-state index in [0.717, 1.165) is 48.9 Å². The van der Waals surface area contributed by atoms with Crippen LogP contribution in [0.4, 0.5) is 0 Å². The van der Waals surface area contributed by atoms with Gasteiger partial charge in [0.05, 0.1) is 13.2 Å². The molecule has 0 aromatic rings. The van der Waals surface area contributed by atoms with Gasteiger partial charge in [-0.2, -0.15) is 0 Å². The summed E-state index contributed by atoms with van der Waals surface area (Å²) in [5, 5.41) is 0. The fourth-order valence-corrected chi connectivity index (χ4v) is 9.77. The van der Waals surface area contributed by atoms with Crippen LogP contribution in [-0.4, -0.2) is 31.1 Å². The third-order valence-corrected chi connectivity index (χ3v) is 11.5. The average Bonchev–Trinajstić information content (AvgIpc) is 3.40. The zero-order chi connectivity index (χ0) is 25.0. The smallest absolute Gasteiger partial charge is 0.303 e. The molecule has 0 radical (unpaired) electrons. The Morgan fingerprint density at radius 3 is 2.46 bits per heavy atom. The molecule has 5 aliphatic rings. The lowest BCUT2D eigenvalue weighted by Gasteiger charge is -2.60. The molecule has 0 N–H and O–H groups in total. The molecule has 1 heterocycles. The lowest BCUT2D eigenvalue weighted by molar-refractivity contribution is -0.245. The van der Waals surface area contributed by atoms with Crippen molar-refractivity contribution in [2.45, 2.75) is 118 Å².